The molecule has 0 aliphatic heterocycles. The number of hydrogen-bond donors (Lipinski definition) is 0. The van der Waals surface area contributed by atoms with E-state index in [1.165, 1.54) is 48.8 Å². The van der Waals surface area contributed by atoms with Gasteiger partial charge in [0.1, 0.15) is 23.1 Å². The highest BCUT2D eigenvalue weighted by Gasteiger charge is 2.44. The third kappa shape index (κ3) is 8.76. The Morgan fingerprint density at radius 2 is 1.28 bits per heavy atom. The summed E-state index contributed by atoms with van der Waals surface area (Å²) in [5.74, 6) is 2.46. The predicted molar refractivity (Wildman–Crippen MR) is 201 cm³/mol. The Morgan fingerprint density at radius 3 is 1.96 bits per heavy atom. The maximum absolute atomic E-state index is 14.5. The topological polar surface area (TPSA) is 68.3 Å². The number of carbonyl (C=O) groups excluding carboxylic acids is 4. The van der Waals surface area contributed by atoms with Crippen LogP contribution in [0.15, 0.2) is 48.5 Å². The van der Waals surface area contributed by atoms with Crippen molar-refractivity contribution in [1.29, 1.82) is 0 Å². The first-order chi connectivity index (χ1) is 23.9. The molecule has 4 nitrogen and oxygen atoms in total. The maximum Gasteiger partial charge on any atom is 0.142 e. The van der Waals surface area contributed by atoms with Gasteiger partial charge in [-0.1, -0.05) is 108 Å². The van der Waals surface area contributed by atoms with Gasteiger partial charge in [0.05, 0.1) is 0 Å². The van der Waals surface area contributed by atoms with E-state index in [1.807, 2.05) is 25.1 Å². The van der Waals surface area contributed by atoms with Crippen LogP contribution in [0.25, 0.3) is 0 Å². The molecule has 3 fully saturated rings. The molecule has 0 N–H and O–H groups in total. The monoisotopic (exact) mass is 678 g/mol. The molecule has 0 spiro atoms. The molecule has 4 heteroatoms. The summed E-state index contributed by atoms with van der Waals surface area (Å²) in [5.41, 5.74) is 3.65. The van der Waals surface area contributed by atoms with E-state index in [0.29, 0.717) is 24.5 Å². The molecule has 0 radical (unpaired) electrons. The summed E-state index contributed by atoms with van der Waals surface area (Å²) in [5, 5.41) is 0. The summed E-state index contributed by atoms with van der Waals surface area (Å²) < 4.78 is 0. The summed E-state index contributed by atoms with van der Waals surface area (Å²) in [6.07, 6.45) is 16.0. The van der Waals surface area contributed by atoms with Gasteiger partial charge in [0, 0.05) is 48.9 Å². The second kappa shape index (κ2) is 15.8. The standard InChI is InChI=1S/C46H62O4/c1-45(2,3)39-16-10-11-31(25-39)26-40(47)29-46(4,44(50)36-23-17-33(18-24-36)32-12-6-5-7-13-32)30-43(49)35-21-19-34(20-22-35)41-27-37-14-8-9-15-38(37)28-42(41)48/h8-11,14-16,25,32-36,41H,5-7,12-13,17-24,26-30H2,1-4H3. The van der Waals surface area contributed by atoms with Gasteiger partial charge in [-0.15, -0.1) is 0 Å². The summed E-state index contributed by atoms with van der Waals surface area (Å²) in [6, 6.07) is 16.6. The molecule has 50 heavy (non-hydrogen) atoms. The van der Waals surface area contributed by atoms with E-state index >= 15 is 0 Å². The average Bonchev–Trinajstić information content (AvgIpc) is 3.11. The van der Waals surface area contributed by atoms with Crippen molar-refractivity contribution in [2.24, 2.45) is 40.9 Å². The normalized spacial score (nSPS) is 27.6. The van der Waals surface area contributed by atoms with E-state index in [1.54, 1.807) is 0 Å². The fraction of sp³-hybridized carbons (Fsp3) is 0.652. The summed E-state index contributed by atoms with van der Waals surface area (Å²) >= 11 is 0. The molecule has 2 aromatic rings. The SMILES string of the molecule is CC(CC(=O)Cc1cccc(C(C)(C)C)c1)(CC(=O)C1CCC(C2Cc3ccccc3CC2=O)CC1)C(=O)C1CCC(C2CCCCC2)CC1. The van der Waals surface area contributed by atoms with Crippen molar-refractivity contribution in [2.75, 3.05) is 0 Å². The number of benzene rings is 2. The molecule has 2 atom stereocenters. The van der Waals surface area contributed by atoms with E-state index in [9.17, 15) is 19.2 Å². The lowest BCUT2D eigenvalue weighted by Crippen LogP contribution is -2.41. The molecule has 0 heterocycles. The molecule has 4 aliphatic rings. The third-order valence-electron chi connectivity index (χ3n) is 13.5. The Labute approximate surface area is 302 Å². The highest BCUT2D eigenvalue weighted by molar-refractivity contribution is 5.97. The van der Waals surface area contributed by atoms with Crippen LogP contribution in [-0.2, 0) is 43.9 Å². The second-order valence-corrected chi connectivity index (χ2v) is 18.3. The lowest BCUT2D eigenvalue weighted by molar-refractivity contribution is -0.142. The van der Waals surface area contributed by atoms with Gasteiger partial charge in [-0.05, 0) is 103 Å². The van der Waals surface area contributed by atoms with E-state index in [2.05, 4.69) is 51.1 Å². The minimum absolute atomic E-state index is 0.0137. The number of fused-ring (bicyclic) bond motifs is 1. The Bertz CT molecular complexity index is 1520. The predicted octanol–water partition coefficient (Wildman–Crippen LogP) is 10.2. The van der Waals surface area contributed by atoms with Crippen LogP contribution in [0.4, 0.5) is 0 Å². The van der Waals surface area contributed by atoms with Crippen molar-refractivity contribution >= 4 is 23.1 Å². The van der Waals surface area contributed by atoms with Crippen LogP contribution in [0.2, 0.25) is 0 Å². The zero-order valence-electron chi connectivity index (χ0n) is 31.4. The van der Waals surface area contributed by atoms with Crippen LogP contribution in [-0.4, -0.2) is 23.1 Å². The Hall–Kier alpha value is -2.88. The lowest BCUT2D eigenvalue weighted by atomic mass is 9.64. The first kappa shape index (κ1) is 36.9. The van der Waals surface area contributed by atoms with Crippen LogP contribution >= 0.6 is 0 Å². The molecule has 0 saturated heterocycles. The van der Waals surface area contributed by atoms with Crippen molar-refractivity contribution < 1.29 is 19.2 Å². The van der Waals surface area contributed by atoms with Gasteiger partial charge < -0.3 is 0 Å². The highest BCUT2D eigenvalue weighted by atomic mass is 16.1. The number of Topliss-reactive ketones (excluding diaryl/α,β-unsaturated/α-hetero) is 4. The molecular weight excluding hydrogens is 617 g/mol. The first-order valence-corrected chi connectivity index (χ1v) is 20.2. The Morgan fingerprint density at radius 1 is 0.660 bits per heavy atom. The number of hydrogen-bond acceptors (Lipinski definition) is 4. The van der Waals surface area contributed by atoms with Gasteiger partial charge in [-0.2, -0.15) is 0 Å². The van der Waals surface area contributed by atoms with Crippen LogP contribution in [0.5, 0.6) is 0 Å². The second-order valence-electron chi connectivity index (χ2n) is 18.3. The fourth-order valence-electron chi connectivity index (χ4n) is 10.5. The first-order valence-electron chi connectivity index (χ1n) is 20.2. The molecule has 0 amide bonds. The Balaban J connectivity index is 1.12. The fourth-order valence-corrected chi connectivity index (χ4v) is 10.5. The van der Waals surface area contributed by atoms with E-state index in [-0.39, 0.29) is 53.4 Å². The molecule has 0 aromatic heterocycles. The van der Waals surface area contributed by atoms with Gasteiger partial charge in [-0.25, -0.2) is 0 Å². The third-order valence-corrected chi connectivity index (χ3v) is 13.5. The largest absolute Gasteiger partial charge is 0.299 e. The molecular formula is C46H62O4. The van der Waals surface area contributed by atoms with Crippen LogP contribution in [0.1, 0.15) is 146 Å². The van der Waals surface area contributed by atoms with E-state index < -0.39 is 5.41 Å². The van der Waals surface area contributed by atoms with Gasteiger partial charge >= 0.3 is 0 Å². The quantitative estimate of drug-likeness (QED) is 0.237. The summed E-state index contributed by atoms with van der Waals surface area (Å²) in [4.78, 5) is 55.7. The molecule has 3 saturated carbocycles. The average molecular weight is 679 g/mol. The van der Waals surface area contributed by atoms with E-state index in [0.717, 1.165) is 75.2 Å². The van der Waals surface area contributed by atoms with E-state index in [4.69, 9.17) is 0 Å². The van der Waals surface area contributed by atoms with Crippen LogP contribution < -0.4 is 0 Å². The lowest BCUT2D eigenvalue weighted by Gasteiger charge is -2.39. The smallest absolute Gasteiger partial charge is 0.142 e. The zero-order valence-corrected chi connectivity index (χ0v) is 31.4. The van der Waals surface area contributed by atoms with Gasteiger partial charge in [0.15, 0.2) is 0 Å². The van der Waals surface area contributed by atoms with Gasteiger partial charge in [0.2, 0.25) is 0 Å². The number of rotatable bonds is 11. The minimum atomic E-state index is -0.974. The van der Waals surface area contributed by atoms with Gasteiger partial charge in [0.25, 0.3) is 0 Å². The highest BCUT2D eigenvalue weighted by Crippen LogP contribution is 2.45. The molecule has 2 unspecified atom stereocenters. The Kier molecular flexibility index (Phi) is 11.6. The maximum atomic E-state index is 14.5. The van der Waals surface area contributed by atoms with Crippen molar-refractivity contribution in [3.63, 3.8) is 0 Å². The van der Waals surface area contributed by atoms with Crippen molar-refractivity contribution in [2.45, 2.75) is 149 Å². The minimum Gasteiger partial charge on any atom is -0.299 e. The molecule has 2 aromatic carbocycles. The number of ketones is 4. The number of carbonyl (C=O) groups is 4. The van der Waals surface area contributed by atoms with Crippen LogP contribution in [0.3, 0.4) is 0 Å². The van der Waals surface area contributed by atoms with Crippen LogP contribution in [0, 0.1) is 40.9 Å². The zero-order chi connectivity index (χ0) is 35.5. The molecule has 6 rings (SSSR count). The molecule has 0 bridgehead atoms. The van der Waals surface area contributed by atoms with Crippen molar-refractivity contribution in [3.05, 3.63) is 70.8 Å². The van der Waals surface area contributed by atoms with Crippen molar-refractivity contribution in [1.82, 2.24) is 0 Å². The molecule has 270 valence electrons. The summed E-state index contributed by atoms with van der Waals surface area (Å²) in [7, 11) is 0. The molecule has 4 aliphatic carbocycles. The summed E-state index contributed by atoms with van der Waals surface area (Å²) in [6.45, 7) is 8.47. The van der Waals surface area contributed by atoms with Gasteiger partial charge in [-0.3, -0.25) is 19.2 Å². The van der Waals surface area contributed by atoms with Crippen molar-refractivity contribution in [3.8, 4) is 0 Å².